The van der Waals surface area contributed by atoms with Crippen LogP contribution in [0.3, 0.4) is 0 Å². The molecule has 0 radical (unpaired) electrons. The third-order valence-electron chi connectivity index (χ3n) is 4.01. The minimum Gasteiger partial charge on any atom is -0.444 e. The molecule has 0 saturated heterocycles. The molecule has 0 spiro atoms. The van der Waals surface area contributed by atoms with Gasteiger partial charge in [0.2, 0.25) is 0 Å². The van der Waals surface area contributed by atoms with Crippen molar-refractivity contribution in [1.82, 2.24) is 0 Å². The molecule has 120 valence electrons. The first-order valence-electron chi connectivity index (χ1n) is 7.60. The van der Waals surface area contributed by atoms with E-state index in [1.807, 2.05) is 30.3 Å². The van der Waals surface area contributed by atoms with Gasteiger partial charge in [-0.3, -0.25) is 4.90 Å². The number of benzene rings is 2. The van der Waals surface area contributed by atoms with E-state index in [1.165, 1.54) is 12.1 Å². The highest BCUT2D eigenvalue weighted by Crippen LogP contribution is 2.33. The number of carbonyl (C=O) groups excluding carboxylic acids is 1. The maximum Gasteiger partial charge on any atom is 0.414 e. The zero-order valence-electron chi connectivity index (χ0n) is 12.5. The summed E-state index contributed by atoms with van der Waals surface area (Å²) in [4.78, 5) is 14.3. The molecule has 5 heteroatoms. The van der Waals surface area contributed by atoms with Crippen LogP contribution < -0.4 is 4.90 Å². The van der Waals surface area contributed by atoms with Crippen LogP contribution in [0.5, 0.6) is 0 Å². The van der Waals surface area contributed by atoms with Crippen LogP contribution in [0.25, 0.3) is 0 Å². The van der Waals surface area contributed by atoms with E-state index in [0.29, 0.717) is 3.57 Å². The summed E-state index contributed by atoms with van der Waals surface area (Å²) in [5.41, 5.74) is 1.66. The molecular formula is C18H17FINO2. The summed E-state index contributed by atoms with van der Waals surface area (Å²) in [5, 5.41) is 0. The van der Waals surface area contributed by atoms with E-state index in [4.69, 9.17) is 4.74 Å². The molecule has 1 aliphatic rings. The number of rotatable bonds is 4. The van der Waals surface area contributed by atoms with Crippen LogP contribution in [0.2, 0.25) is 0 Å². The largest absolute Gasteiger partial charge is 0.444 e. The number of anilines is 1. The molecule has 0 N–H and O–H groups in total. The van der Waals surface area contributed by atoms with Crippen LogP contribution in [0.15, 0.2) is 48.5 Å². The second-order valence-corrected chi connectivity index (χ2v) is 6.75. The van der Waals surface area contributed by atoms with Crippen molar-refractivity contribution in [3.05, 3.63) is 63.5 Å². The summed E-state index contributed by atoms with van der Waals surface area (Å²) < 4.78 is 19.5. The first kappa shape index (κ1) is 16.2. The summed E-state index contributed by atoms with van der Waals surface area (Å²) >= 11 is 2.06. The van der Waals surface area contributed by atoms with Crippen molar-refractivity contribution in [1.29, 1.82) is 0 Å². The lowest BCUT2D eigenvalue weighted by atomic mass is 9.91. The van der Waals surface area contributed by atoms with Gasteiger partial charge in [-0.05, 0) is 65.6 Å². The molecule has 2 aromatic rings. The molecule has 3 nitrogen and oxygen atoms in total. The molecule has 0 bridgehead atoms. The fourth-order valence-corrected chi connectivity index (χ4v) is 3.29. The molecule has 23 heavy (non-hydrogen) atoms. The van der Waals surface area contributed by atoms with Crippen LogP contribution in [-0.4, -0.2) is 12.1 Å². The van der Waals surface area contributed by atoms with Crippen molar-refractivity contribution in [2.45, 2.75) is 31.9 Å². The van der Waals surface area contributed by atoms with Crippen molar-refractivity contribution in [2.24, 2.45) is 0 Å². The molecule has 1 aliphatic carbocycles. The minimum absolute atomic E-state index is 0.136. The van der Waals surface area contributed by atoms with Crippen molar-refractivity contribution in [3.8, 4) is 0 Å². The zero-order chi connectivity index (χ0) is 16.2. The van der Waals surface area contributed by atoms with Gasteiger partial charge in [-0.2, -0.15) is 0 Å². The number of hydrogen-bond donors (Lipinski definition) is 0. The third-order valence-corrected chi connectivity index (χ3v) is 4.87. The van der Waals surface area contributed by atoms with Gasteiger partial charge in [0.15, 0.2) is 0 Å². The minimum atomic E-state index is -0.372. The van der Waals surface area contributed by atoms with Crippen LogP contribution in [0, 0.1) is 9.39 Å². The Morgan fingerprint density at radius 1 is 1.22 bits per heavy atom. The van der Waals surface area contributed by atoms with Gasteiger partial charge in [-0.1, -0.05) is 30.3 Å². The second kappa shape index (κ2) is 7.29. The second-order valence-electron chi connectivity index (χ2n) is 5.59. The molecule has 1 fully saturated rings. The van der Waals surface area contributed by atoms with E-state index in [0.717, 1.165) is 30.5 Å². The predicted octanol–water partition coefficient (Wildman–Crippen LogP) is 5.13. The van der Waals surface area contributed by atoms with E-state index in [9.17, 15) is 9.18 Å². The van der Waals surface area contributed by atoms with Crippen molar-refractivity contribution in [3.63, 3.8) is 0 Å². The molecular weight excluding hydrogens is 408 g/mol. The number of amides is 1. The summed E-state index contributed by atoms with van der Waals surface area (Å²) in [7, 11) is 0. The Hall–Kier alpha value is -1.63. The van der Waals surface area contributed by atoms with E-state index >= 15 is 0 Å². The first-order chi connectivity index (χ1) is 11.1. The Kier molecular flexibility index (Phi) is 5.15. The Balaban J connectivity index is 1.77. The molecule has 1 amide bonds. The topological polar surface area (TPSA) is 29.5 Å². The van der Waals surface area contributed by atoms with E-state index in [1.54, 1.807) is 11.0 Å². The van der Waals surface area contributed by atoms with Gasteiger partial charge in [0.25, 0.3) is 0 Å². The molecule has 0 atom stereocenters. The van der Waals surface area contributed by atoms with Gasteiger partial charge in [0.1, 0.15) is 12.4 Å². The molecule has 0 aliphatic heterocycles. The molecule has 2 aromatic carbocycles. The molecule has 3 rings (SSSR count). The monoisotopic (exact) mass is 425 g/mol. The summed E-state index contributed by atoms with van der Waals surface area (Å²) in [5.74, 6) is -0.302. The van der Waals surface area contributed by atoms with Gasteiger partial charge in [0, 0.05) is 9.61 Å². The van der Waals surface area contributed by atoms with Crippen LogP contribution >= 0.6 is 22.6 Å². The predicted molar refractivity (Wildman–Crippen MR) is 95.9 cm³/mol. The highest BCUT2D eigenvalue weighted by atomic mass is 127. The maximum absolute atomic E-state index is 13.3. The summed E-state index contributed by atoms with van der Waals surface area (Å²) in [6, 6.07) is 14.2. The number of carbonyl (C=O) groups is 1. The Morgan fingerprint density at radius 3 is 2.57 bits per heavy atom. The number of hydrogen-bond acceptors (Lipinski definition) is 2. The molecule has 1 saturated carbocycles. The molecule has 0 heterocycles. The zero-order valence-corrected chi connectivity index (χ0v) is 14.7. The van der Waals surface area contributed by atoms with Gasteiger partial charge in [0.05, 0.1) is 5.69 Å². The molecule has 0 unspecified atom stereocenters. The standard InChI is InChI=1S/C18H17FINO2/c19-14-9-10-17(16(20)11-14)21(15-7-4-8-15)18(22)23-12-13-5-2-1-3-6-13/h1-3,5-6,9-11,15H,4,7-8,12H2. The van der Waals surface area contributed by atoms with Gasteiger partial charge >= 0.3 is 6.09 Å². The lowest BCUT2D eigenvalue weighted by Gasteiger charge is -2.37. The van der Waals surface area contributed by atoms with Crippen molar-refractivity contribution >= 4 is 34.4 Å². The van der Waals surface area contributed by atoms with E-state index < -0.39 is 0 Å². The lowest BCUT2D eigenvalue weighted by molar-refractivity contribution is 0.141. The molecule has 0 aromatic heterocycles. The fourth-order valence-electron chi connectivity index (χ4n) is 2.55. The number of ether oxygens (including phenoxy) is 1. The van der Waals surface area contributed by atoms with Gasteiger partial charge in [-0.15, -0.1) is 0 Å². The highest BCUT2D eigenvalue weighted by Gasteiger charge is 2.32. The van der Waals surface area contributed by atoms with Crippen LogP contribution in [-0.2, 0) is 11.3 Å². The normalized spacial score (nSPS) is 14.2. The van der Waals surface area contributed by atoms with Crippen molar-refractivity contribution in [2.75, 3.05) is 4.90 Å². The average Bonchev–Trinajstić information content (AvgIpc) is 2.50. The summed E-state index contributed by atoms with van der Waals surface area (Å²) in [6.45, 7) is 0.237. The smallest absolute Gasteiger partial charge is 0.414 e. The fraction of sp³-hybridized carbons (Fsp3) is 0.278. The SMILES string of the molecule is O=C(OCc1ccccc1)N(c1ccc(F)cc1I)C1CCC1. The highest BCUT2D eigenvalue weighted by molar-refractivity contribution is 14.1. The maximum atomic E-state index is 13.3. The van der Waals surface area contributed by atoms with Gasteiger partial charge in [-0.25, -0.2) is 9.18 Å². The summed E-state index contributed by atoms with van der Waals surface area (Å²) in [6.07, 6.45) is 2.63. The number of nitrogens with zero attached hydrogens (tertiary/aromatic N) is 1. The van der Waals surface area contributed by atoms with Crippen LogP contribution in [0.1, 0.15) is 24.8 Å². The average molecular weight is 425 g/mol. The van der Waals surface area contributed by atoms with E-state index in [2.05, 4.69) is 22.6 Å². The van der Waals surface area contributed by atoms with Crippen LogP contribution in [0.4, 0.5) is 14.9 Å². The van der Waals surface area contributed by atoms with Crippen molar-refractivity contribution < 1.29 is 13.9 Å². The quantitative estimate of drug-likeness (QED) is 0.636. The Labute approximate surface area is 148 Å². The first-order valence-corrected chi connectivity index (χ1v) is 8.68. The number of halogens is 2. The third kappa shape index (κ3) is 3.83. The van der Waals surface area contributed by atoms with E-state index in [-0.39, 0.29) is 24.6 Å². The Morgan fingerprint density at radius 2 is 1.96 bits per heavy atom. The van der Waals surface area contributed by atoms with Gasteiger partial charge < -0.3 is 4.74 Å². The Bertz CT molecular complexity index is 689. The lowest BCUT2D eigenvalue weighted by Crippen LogP contribution is -2.45.